The molecule has 0 radical (unpaired) electrons. The molecule has 2 unspecified atom stereocenters. The molecule has 2 N–H and O–H groups in total. The molecule has 2 aromatic rings. The predicted octanol–water partition coefficient (Wildman–Crippen LogP) is 2.26. The van der Waals surface area contributed by atoms with Crippen molar-refractivity contribution in [3.8, 4) is 0 Å². The first-order valence-corrected chi connectivity index (χ1v) is 6.70. The number of alkyl halides is 1. The molecule has 19 heavy (non-hydrogen) atoms. The average molecular weight is 262 g/mol. The third-order valence-corrected chi connectivity index (χ3v) is 3.89. The number of halogens is 1. The highest BCUT2D eigenvalue weighted by Gasteiger charge is 2.27. The van der Waals surface area contributed by atoms with Crippen LogP contribution in [0.4, 0.5) is 10.1 Å². The molecule has 3 heterocycles. The fourth-order valence-corrected chi connectivity index (χ4v) is 2.80. The van der Waals surface area contributed by atoms with Crippen molar-refractivity contribution in [2.24, 2.45) is 0 Å². The van der Waals surface area contributed by atoms with E-state index in [0.717, 1.165) is 35.2 Å². The maximum Gasteiger partial charge on any atom is 0.140 e. The Balaban J connectivity index is 2.08. The Morgan fingerprint density at radius 1 is 1.53 bits per heavy atom. The van der Waals surface area contributed by atoms with E-state index in [1.165, 1.54) is 0 Å². The summed E-state index contributed by atoms with van der Waals surface area (Å²) in [5.41, 5.74) is 3.01. The standard InChI is InChI=1S/C14H19FN4/c1-9-8-19(13-3-4-17-7-12(13)15)14-11(9)5-10(16-2)6-18-14/h5-6,8,12-13,16-17H,3-4,7H2,1-2H3. The summed E-state index contributed by atoms with van der Waals surface area (Å²) in [6.45, 7) is 3.34. The van der Waals surface area contributed by atoms with Gasteiger partial charge in [0.05, 0.1) is 17.9 Å². The van der Waals surface area contributed by atoms with Crippen LogP contribution in [0, 0.1) is 6.92 Å². The van der Waals surface area contributed by atoms with Gasteiger partial charge in [0.2, 0.25) is 0 Å². The van der Waals surface area contributed by atoms with Crippen molar-refractivity contribution < 1.29 is 4.39 Å². The van der Waals surface area contributed by atoms with Crippen molar-refractivity contribution in [1.82, 2.24) is 14.9 Å². The van der Waals surface area contributed by atoms with Gasteiger partial charge in [-0.3, -0.25) is 0 Å². The van der Waals surface area contributed by atoms with E-state index in [-0.39, 0.29) is 6.04 Å². The Labute approximate surface area is 112 Å². The van der Waals surface area contributed by atoms with E-state index in [0.29, 0.717) is 6.54 Å². The molecule has 1 fully saturated rings. The maximum atomic E-state index is 14.1. The summed E-state index contributed by atoms with van der Waals surface area (Å²) < 4.78 is 16.1. The Bertz CT molecular complexity index is 592. The topological polar surface area (TPSA) is 41.9 Å². The average Bonchev–Trinajstić information content (AvgIpc) is 2.76. The smallest absolute Gasteiger partial charge is 0.140 e. The number of fused-ring (bicyclic) bond motifs is 1. The highest BCUT2D eigenvalue weighted by Crippen LogP contribution is 2.29. The Kier molecular flexibility index (Phi) is 3.14. The molecule has 0 saturated carbocycles. The molecule has 1 aliphatic heterocycles. The molecule has 2 aromatic heterocycles. The number of nitrogens with zero attached hydrogens (tertiary/aromatic N) is 2. The number of rotatable bonds is 2. The molecular formula is C14H19FN4. The molecule has 102 valence electrons. The van der Waals surface area contributed by atoms with Gasteiger partial charge in [-0.25, -0.2) is 9.37 Å². The number of pyridine rings is 1. The van der Waals surface area contributed by atoms with E-state index < -0.39 is 6.17 Å². The summed E-state index contributed by atoms with van der Waals surface area (Å²) in [6, 6.07) is 1.97. The van der Waals surface area contributed by atoms with Crippen LogP contribution in [0.3, 0.4) is 0 Å². The Morgan fingerprint density at radius 3 is 3.11 bits per heavy atom. The SMILES string of the molecule is CNc1cnc2c(c1)c(C)cn2C1CCNCC1F. The van der Waals surface area contributed by atoms with Crippen LogP contribution in [-0.2, 0) is 0 Å². The second-order valence-corrected chi connectivity index (χ2v) is 5.14. The molecule has 0 aliphatic carbocycles. The van der Waals surface area contributed by atoms with Crippen LogP contribution < -0.4 is 10.6 Å². The number of hydrogen-bond acceptors (Lipinski definition) is 3. The monoisotopic (exact) mass is 262 g/mol. The molecule has 4 nitrogen and oxygen atoms in total. The lowest BCUT2D eigenvalue weighted by molar-refractivity contribution is 0.187. The van der Waals surface area contributed by atoms with Crippen LogP contribution in [0.15, 0.2) is 18.5 Å². The van der Waals surface area contributed by atoms with Gasteiger partial charge in [-0.15, -0.1) is 0 Å². The third-order valence-electron chi connectivity index (χ3n) is 3.89. The molecule has 0 bridgehead atoms. The van der Waals surface area contributed by atoms with E-state index in [2.05, 4.69) is 21.7 Å². The van der Waals surface area contributed by atoms with Gasteiger partial charge in [0.25, 0.3) is 0 Å². The summed E-state index contributed by atoms with van der Waals surface area (Å²) in [4.78, 5) is 4.50. The van der Waals surface area contributed by atoms with Gasteiger partial charge in [0.1, 0.15) is 11.8 Å². The normalized spacial score (nSPS) is 23.7. The predicted molar refractivity (Wildman–Crippen MR) is 75.4 cm³/mol. The zero-order valence-electron chi connectivity index (χ0n) is 11.3. The van der Waals surface area contributed by atoms with Crippen molar-refractivity contribution >= 4 is 16.7 Å². The van der Waals surface area contributed by atoms with Gasteiger partial charge in [-0.1, -0.05) is 0 Å². The quantitative estimate of drug-likeness (QED) is 0.872. The molecule has 1 saturated heterocycles. The van der Waals surface area contributed by atoms with Gasteiger partial charge < -0.3 is 15.2 Å². The highest BCUT2D eigenvalue weighted by molar-refractivity contribution is 5.83. The number of hydrogen-bond donors (Lipinski definition) is 2. The lowest BCUT2D eigenvalue weighted by Crippen LogP contribution is -2.39. The molecule has 5 heteroatoms. The summed E-state index contributed by atoms with van der Waals surface area (Å²) in [5, 5.41) is 7.27. The van der Waals surface area contributed by atoms with Crippen LogP contribution in [0.1, 0.15) is 18.0 Å². The third kappa shape index (κ3) is 2.08. The lowest BCUT2D eigenvalue weighted by atomic mass is 10.0. The molecule has 2 atom stereocenters. The second kappa shape index (κ2) is 4.81. The van der Waals surface area contributed by atoms with Gasteiger partial charge >= 0.3 is 0 Å². The maximum absolute atomic E-state index is 14.1. The number of aryl methyl sites for hydroxylation is 1. The van der Waals surface area contributed by atoms with Crippen molar-refractivity contribution in [1.29, 1.82) is 0 Å². The fraction of sp³-hybridized carbons (Fsp3) is 0.500. The number of piperidine rings is 1. The van der Waals surface area contributed by atoms with Gasteiger partial charge in [0, 0.05) is 25.2 Å². The minimum Gasteiger partial charge on any atom is -0.387 e. The minimum absolute atomic E-state index is 0.106. The largest absolute Gasteiger partial charge is 0.387 e. The van der Waals surface area contributed by atoms with Gasteiger partial charge in [-0.05, 0) is 31.5 Å². The highest BCUT2D eigenvalue weighted by atomic mass is 19.1. The van der Waals surface area contributed by atoms with Crippen molar-refractivity contribution in [3.05, 3.63) is 24.0 Å². The molecular weight excluding hydrogens is 243 g/mol. The van der Waals surface area contributed by atoms with Crippen LogP contribution in [-0.4, -0.2) is 35.9 Å². The van der Waals surface area contributed by atoms with E-state index in [4.69, 9.17) is 0 Å². The number of aromatic nitrogens is 2. The molecule has 1 aliphatic rings. The number of nitrogens with one attached hydrogen (secondary N) is 2. The van der Waals surface area contributed by atoms with E-state index >= 15 is 0 Å². The minimum atomic E-state index is -0.852. The first kappa shape index (κ1) is 12.4. The van der Waals surface area contributed by atoms with Crippen LogP contribution in [0.25, 0.3) is 11.0 Å². The van der Waals surface area contributed by atoms with Crippen LogP contribution in [0.5, 0.6) is 0 Å². The van der Waals surface area contributed by atoms with Crippen molar-refractivity contribution in [2.75, 3.05) is 25.5 Å². The van der Waals surface area contributed by atoms with E-state index in [9.17, 15) is 4.39 Å². The summed E-state index contributed by atoms with van der Waals surface area (Å²) in [5.74, 6) is 0. The Morgan fingerprint density at radius 2 is 2.37 bits per heavy atom. The first-order valence-electron chi connectivity index (χ1n) is 6.70. The van der Waals surface area contributed by atoms with E-state index in [1.807, 2.05) is 24.7 Å². The van der Waals surface area contributed by atoms with Crippen LogP contribution in [0.2, 0.25) is 0 Å². The Hall–Kier alpha value is -1.62. The lowest BCUT2D eigenvalue weighted by Gasteiger charge is -2.28. The first-order chi connectivity index (χ1) is 9.20. The number of anilines is 1. The fourth-order valence-electron chi connectivity index (χ4n) is 2.80. The summed E-state index contributed by atoms with van der Waals surface area (Å²) in [7, 11) is 1.87. The molecule has 0 aromatic carbocycles. The molecule has 0 spiro atoms. The van der Waals surface area contributed by atoms with Crippen molar-refractivity contribution in [3.63, 3.8) is 0 Å². The zero-order chi connectivity index (χ0) is 13.4. The van der Waals surface area contributed by atoms with Crippen molar-refractivity contribution in [2.45, 2.75) is 25.6 Å². The van der Waals surface area contributed by atoms with Gasteiger partial charge in [-0.2, -0.15) is 0 Å². The zero-order valence-corrected chi connectivity index (χ0v) is 11.3. The molecule has 0 amide bonds. The summed E-state index contributed by atoms with van der Waals surface area (Å²) in [6.07, 6.45) is 3.78. The second-order valence-electron chi connectivity index (χ2n) is 5.14. The van der Waals surface area contributed by atoms with E-state index in [1.54, 1.807) is 6.20 Å². The molecule has 3 rings (SSSR count). The van der Waals surface area contributed by atoms with Crippen LogP contribution >= 0.6 is 0 Å². The van der Waals surface area contributed by atoms with Gasteiger partial charge in [0.15, 0.2) is 0 Å². The summed E-state index contributed by atoms with van der Waals surface area (Å²) >= 11 is 0.